The highest BCUT2D eigenvalue weighted by Gasteiger charge is 2.13. The molecular weight excluding hydrogens is 376 g/mol. The van der Waals surface area contributed by atoms with Crippen LogP contribution in [-0.4, -0.2) is 28.4 Å². The van der Waals surface area contributed by atoms with Gasteiger partial charge in [-0.3, -0.25) is 19.0 Å². The van der Waals surface area contributed by atoms with Crippen LogP contribution in [0.1, 0.15) is 22.3 Å². The predicted molar refractivity (Wildman–Crippen MR) is 111 cm³/mol. The van der Waals surface area contributed by atoms with Gasteiger partial charge in [0.05, 0.1) is 10.9 Å². The number of amides is 2. The summed E-state index contributed by atoms with van der Waals surface area (Å²) in [4.78, 5) is 39.9. The van der Waals surface area contributed by atoms with Crippen molar-refractivity contribution in [1.29, 1.82) is 0 Å². The molecule has 1 heterocycles. The summed E-state index contributed by atoms with van der Waals surface area (Å²) >= 11 is 5.26. The molecule has 0 aliphatic carbocycles. The Bertz CT molecular complexity index is 1180. The van der Waals surface area contributed by atoms with Crippen molar-refractivity contribution in [2.24, 2.45) is 0 Å². The number of hydrogen-bond acceptors (Lipinski definition) is 4. The lowest BCUT2D eigenvalue weighted by Gasteiger charge is -2.12. The van der Waals surface area contributed by atoms with E-state index < -0.39 is 0 Å². The molecule has 0 bridgehead atoms. The maximum absolute atomic E-state index is 12.6. The Morgan fingerprint density at radius 3 is 2.64 bits per heavy atom. The Hall–Kier alpha value is -3.26. The second kappa shape index (κ2) is 8.18. The van der Waals surface area contributed by atoms with Crippen LogP contribution < -0.4 is 16.2 Å². The molecule has 2 amide bonds. The molecule has 0 aliphatic heterocycles. The molecule has 2 aromatic carbocycles. The zero-order chi connectivity index (χ0) is 20.3. The number of aromatic amines is 1. The molecule has 0 atom stereocenters. The standard InChI is InChI=1S/C20H20N4O3S/c1-12-13(18(26)21-2)7-5-9-15(12)22-17(25)10-11-24-19(27)14-6-3-4-8-16(14)23-20(24)28/h3-9H,10-11H2,1-2H3,(H,21,26)(H,22,25)(H,23,28). The molecule has 7 nitrogen and oxygen atoms in total. The van der Waals surface area contributed by atoms with Crippen LogP contribution in [0.15, 0.2) is 47.3 Å². The van der Waals surface area contributed by atoms with Crippen molar-refractivity contribution in [2.45, 2.75) is 19.9 Å². The summed E-state index contributed by atoms with van der Waals surface area (Å²) in [5, 5.41) is 5.89. The van der Waals surface area contributed by atoms with Gasteiger partial charge in [-0.05, 0) is 49.0 Å². The average molecular weight is 396 g/mol. The number of carbonyl (C=O) groups excluding carboxylic acids is 2. The van der Waals surface area contributed by atoms with E-state index >= 15 is 0 Å². The fourth-order valence-electron chi connectivity index (χ4n) is 2.98. The van der Waals surface area contributed by atoms with Gasteiger partial charge in [0.2, 0.25) is 5.91 Å². The molecule has 8 heteroatoms. The first kappa shape index (κ1) is 19.5. The molecule has 0 aliphatic rings. The molecule has 0 saturated carbocycles. The van der Waals surface area contributed by atoms with Crippen molar-refractivity contribution in [3.63, 3.8) is 0 Å². The zero-order valence-electron chi connectivity index (χ0n) is 15.5. The number of nitrogens with one attached hydrogen (secondary N) is 3. The topological polar surface area (TPSA) is 96.0 Å². The number of aromatic nitrogens is 2. The summed E-state index contributed by atoms with van der Waals surface area (Å²) in [7, 11) is 1.55. The van der Waals surface area contributed by atoms with Crippen molar-refractivity contribution in [2.75, 3.05) is 12.4 Å². The van der Waals surface area contributed by atoms with Gasteiger partial charge >= 0.3 is 0 Å². The van der Waals surface area contributed by atoms with Crippen LogP contribution in [0.4, 0.5) is 5.69 Å². The van der Waals surface area contributed by atoms with E-state index in [-0.39, 0.29) is 35.1 Å². The summed E-state index contributed by atoms with van der Waals surface area (Å²) < 4.78 is 1.65. The molecule has 28 heavy (non-hydrogen) atoms. The second-order valence-corrected chi connectivity index (χ2v) is 6.67. The fraction of sp³-hybridized carbons (Fsp3) is 0.200. The Morgan fingerprint density at radius 2 is 1.89 bits per heavy atom. The quantitative estimate of drug-likeness (QED) is 0.578. The van der Waals surface area contributed by atoms with Gasteiger partial charge < -0.3 is 15.6 Å². The Morgan fingerprint density at radius 1 is 1.14 bits per heavy atom. The monoisotopic (exact) mass is 396 g/mol. The number of hydrogen-bond donors (Lipinski definition) is 3. The number of H-pyrrole nitrogens is 1. The maximum atomic E-state index is 12.6. The van der Waals surface area contributed by atoms with Crippen LogP contribution in [0.25, 0.3) is 10.9 Å². The lowest BCUT2D eigenvalue weighted by Crippen LogP contribution is -2.25. The predicted octanol–water partition coefficient (Wildman–Crippen LogP) is 2.76. The van der Waals surface area contributed by atoms with Crippen LogP contribution in [0.5, 0.6) is 0 Å². The van der Waals surface area contributed by atoms with Gasteiger partial charge in [0.25, 0.3) is 11.5 Å². The third-order valence-electron chi connectivity index (χ3n) is 4.53. The number of anilines is 1. The SMILES string of the molecule is CNC(=O)c1cccc(NC(=O)CCn2c(=S)[nH]c3ccccc3c2=O)c1C. The largest absolute Gasteiger partial charge is 0.355 e. The van der Waals surface area contributed by atoms with Crippen molar-refractivity contribution < 1.29 is 9.59 Å². The molecule has 3 N–H and O–H groups in total. The van der Waals surface area contributed by atoms with Crippen LogP contribution in [0, 0.1) is 11.7 Å². The van der Waals surface area contributed by atoms with E-state index in [2.05, 4.69) is 15.6 Å². The van der Waals surface area contributed by atoms with E-state index in [1.807, 2.05) is 6.07 Å². The minimum atomic E-state index is -0.272. The van der Waals surface area contributed by atoms with Crippen molar-refractivity contribution >= 4 is 40.6 Å². The molecule has 144 valence electrons. The Labute approximate surface area is 166 Å². The van der Waals surface area contributed by atoms with E-state index in [9.17, 15) is 14.4 Å². The zero-order valence-corrected chi connectivity index (χ0v) is 16.4. The van der Waals surface area contributed by atoms with Crippen molar-refractivity contribution in [3.05, 3.63) is 68.7 Å². The summed E-state index contributed by atoms with van der Waals surface area (Å²) in [6.45, 7) is 1.92. The lowest BCUT2D eigenvalue weighted by atomic mass is 10.1. The van der Waals surface area contributed by atoms with Gasteiger partial charge in [-0.25, -0.2) is 0 Å². The third-order valence-corrected chi connectivity index (χ3v) is 4.85. The highest BCUT2D eigenvalue weighted by molar-refractivity contribution is 7.71. The number of benzene rings is 2. The van der Waals surface area contributed by atoms with Gasteiger partial charge in [-0.15, -0.1) is 0 Å². The summed E-state index contributed by atoms with van der Waals surface area (Å²) in [6, 6.07) is 12.2. The third kappa shape index (κ3) is 3.86. The molecule has 0 unspecified atom stereocenters. The Balaban J connectivity index is 1.77. The van der Waals surface area contributed by atoms with E-state index in [1.165, 1.54) is 4.57 Å². The number of carbonyl (C=O) groups is 2. The molecule has 1 aromatic heterocycles. The van der Waals surface area contributed by atoms with Gasteiger partial charge in [-0.2, -0.15) is 0 Å². The van der Waals surface area contributed by atoms with Crippen LogP contribution in [0.3, 0.4) is 0 Å². The highest BCUT2D eigenvalue weighted by atomic mass is 32.1. The number of nitrogens with zero attached hydrogens (tertiary/aromatic N) is 1. The lowest BCUT2D eigenvalue weighted by molar-refractivity contribution is -0.116. The molecule has 0 fully saturated rings. The molecule has 0 radical (unpaired) electrons. The minimum absolute atomic E-state index is 0.0688. The first-order chi connectivity index (χ1) is 13.4. The van der Waals surface area contributed by atoms with E-state index in [0.29, 0.717) is 27.7 Å². The number of rotatable bonds is 5. The van der Waals surface area contributed by atoms with Gasteiger partial charge in [0, 0.05) is 31.3 Å². The number of fused-ring (bicyclic) bond motifs is 1. The molecule has 0 saturated heterocycles. The first-order valence-electron chi connectivity index (χ1n) is 8.75. The summed E-state index contributed by atoms with van der Waals surface area (Å²) in [5.41, 5.74) is 2.16. The molecule has 3 rings (SSSR count). The normalized spacial score (nSPS) is 10.6. The number of para-hydroxylation sites is 1. The fourth-order valence-corrected chi connectivity index (χ4v) is 3.26. The summed E-state index contributed by atoms with van der Waals surface area (Å²) in [5.74, 6) is -0.491. The van der Waals surface area contributed by atoms with Gasteiger partial charge in [0.15, 0.2) is 4.77 Å². The molecule has 3 aromatic rings. The van der Waals surface area contributed by atoms with E-state index in [1.54, 1.807) is 50.4 Å². The highest BCUT2D eigenvalue weighted by Crippen LogP contribution is 2.19. The van der Waals surface area contributed by atoms with Crippen molar-refractivity contribution in [3.8, 4) is 0 Å². The van der Waals surface area contributed by atoms with Gasteiger partial charge in [0.1, 0.15) is 0 Å². The smallest absolute Gasteiger partial charge is 0.262 e. The van der Waals surface area contributed by atoms with Crippen molar-refractivity contribution in [1.82, 2.24) is 14.9 Å². The van der Waals surface area contributed by atoms with Crippen LogP contribution >= 0.6 is 12.2 Å². The second-order valence-electron chi connectivity index (χ2n) is 6.29. The van der Waals surface area contributed by atoms with E-state index in [4.69, 9.17) is 12.2 Å². The average Bonchev–Trinajstić information content (AvgIpc) is 2.69. The molecular formula is C20H20N4O3S. The maximum Gasteiger partial charge on any atom is 0.262 e. The summed E-state index contributed by atoms with van der Waals surface area (Å²) in [6.07, 6.45) is 0.0688. The van der Waals surface area contributed by atoms with Gasteiger partial charge in [-0.1, -0.05) is 18.2 Å². The first-order valence-corrected chi connectivity index (χ1v) is 9.16. The Kier molecular flexibility index (Phi) is 5.70. The van der Waals surface area contributed by atoms with Crippen LogP contribution in [-0.2, 0) is 11.3 Å². The van der Waals surface area contributed by atoms with E-state index in [0.717, 1.165) is 0 Å². The van der Waals surface area contributed by atoms with Crippen LogP contribution in [0.2, 0.25) is 0 Å². The molecule has 0 spiro atoms. The minimum Gasteiger partial charge on any atom is -0.355 e.